The molecule has 16 heavy (non-hydrogen) atoms. The summed E-state index contributed by atoms with van der Waals surface area (Å²) in [5.74, 6) is -0.103. The first-order valence-electron chi connectivity index (χ1n) is 5.17. The van der Waals surface area contributed by atoms with Gasteiger partial charge in [-0.3, -0.25) is 0 Å². The molecule has 2 heterocycles. The molecule has 0 radical (unpaired) electrons. The van der Waals surface area contributed by atoms with Gasteiger partial charge in [0.15, 0.2) is 0 Å². The van der Waals surface area contributed by atoms with Crippen LogP contribution in [0.2, 0.25) is 0 Å². The van der Waals surface area contributed by atoms with Crippen molar-refractivity contribution in [3.05, 3.63) is 11.8 Å². The van der Waals surface area contributed by atoms with Crippen molar-refractivity contribution in [3.63, 3.8) is 0 Å². The Balaban J connectivity index is 2.01. The number of rotatable bonds is 2. The zero-order valence-corrected chi connectivity index (χ0v) is 8.55. The molecule has 90 valence electrons. The molecule has 1 saturated heterocycles. The third-order valence-electron chi connectivity index (χ3n) is 2.44. The highest BCUT2D eigenvalue weighted by Crippen LogP contribution is 2.24. The largest absolute Gasteiger partial charge is 0.423 e. The predicted molar refractivity (Wildman–Crippen MR) is 48.7 cm³/mol. The summed E-state index contributed by atoms with van der Waals surface area (Å²) in [7, 11) is 0. The highest BCUT2D eigenvalue weighted by molar-refractivity contribution is 4.92. The second-order valence-electron chi connectivity index (χ2n) is 3.83. The average Bonchev–Trinajstić information content (AvgIpc) is 2.65. The molecule has 1 atom stereocenters. The van der Waals surface area contributed by atoms with Crippen LogP contribution in [0.3, 0.4) is 0 Å². The molecule has 1 aliphatic heterocycles. The van der Waals surface area contributed by atoms with Crippen LogP contribution in [0.4, 0.5) is 13.2 Å². The van der Waals surface area contributed by atoms with E-state index in [1.807, 2.05) is 0 Å². The minimum absolute atomic E-state index is 0.0942. The molecule has 1 aromatic rings. The van der Waals surface area contributed by atoms with Gasteiger partial charge >= 0.3 is 6.18 Å². The molecule has 7 heteroatoms. The van der Waals surface area contributed by atoms with E-state index in [4.69, 9.17) is 4.42 Å². The topological polar surface area (TPSA) is 51.0 Å². The van der Waals surface area contributed by atoms with E-state index in [2.05, 4.69) is 15.5 Å². The summed E-state index contributed by atoms with van der Waals surface area (Å²) in [5.41, 5.74) is 0. The van der Waals surface area contributed by atoms with Crippen molar-refractivity contribution in [2.45, 2.75) is 37.9 Å². The van der Waals surface area contributed by atoms with E-state index in [-0.39, 0.29) is 17.8 Å². The zero-order valence-electron chi connectivity index (χ0n) is 8.55. The fraction of sp³-hybridized carbons (Fsp3) is 0.778. The molecular formula is C9H12F3N3O. The second kappa shape index (κ2) is 4.40. The lowest BCUT2D eigenvalue weighted by atomic mass is 10.1. The summed E-state index contributed by atoms with van der Waals surface area (Å²) in [5, 5.41) is 10.2. The van der Waals surface area contributed by atoms with Crippen molar-refractivity contribution >= 4 is 0 Å². The molecule has 0 spiro atoms. The number of nitrogens with one attached hydrogen (secondary N) is 1. The van der Waals surface area contributed by atoms with E-state index < -0.39 is 12.6 Å². The number of alkyl halides is 3. The lowest BCUT2D eigenvalue weighted by Gasteiger charge is -2.19. The average molecular weight is 235 g/mol. The Labute approximate surface area is 90.2 Å². The number of piperidine rings is 1. The molecule has 0 aliphatic carbocycles. The maximum absolute atomic E-state index is 12.0. The zero-order chi connectivity index (χ0) is 11.6. The Hall–Kier alpha value is -1.11. The van der Waals surface area contributed by atoms with Gasteiger partial charge in [0.2, 0.25) is 11.8 Å². The van der Waals surface area contributed by atoms with Gasteiger partial charge in [-0.1, -0.05) is 6.42 Å². The third kappa shape index (κ3) is 2.94. The van der Waals surface area contributed by atoms with Crippen molar-refractivity contribution in [1.82, 2.24) is 15.5 Å². The van der Waals surface area contributed by atoms with Crippen LogP contribution in [-0.4, -0.2) is 22.9 Å². The fourth-order valence-corrected chi connectivity index (χ4v) is 1.71. The Morgan fingerprint density at radius 1 is 1.31 bits per heavy atom. The van der Waals surface area contributed by atoms with Crippen molar-refractivity contribution in [3.8, 4) is 0 Å². The van der Waals surface area contributed by atoms with Gasteiger partial charge in [-0.05, 0) is 19.4 Å². The molecule has 1 aliphatic rings. The van der Waals surface area contributed by atoms with E-state index in [9.17, 15) is 13.2 Å². The highest BCUT2D eigenvalue weighted by Gasteiger charge is 2.31. The molecule has 0 unspecified atom stereocenters. The molecule has 1 fully saturated rings. The summed E-state index contributed by atoms with van der Waals surface area (Å²) >= 11 is 0. The lowest BCUT2D eigenvalue weighted by Crippen LogP contribution is -2.26. The van der Waals surface area contributed by atoms with Crippen molar-refractivity contribution < 1.29 is 17.6 Å². The molecular weight excluding hydrogens is 223 g/mol. The van der Waals surface area contributed by atoms with Crippen LogP contribution in [0, 0.1) is 0 Å². The molecule has 4 nitrogen and oxygen atoms in total. The van der Waals surface area contributed by atoms with Gasteiger partial charge in [0, 0.05) is 0 Å². The first-order valence-corrected chi connectivity index (χ1v) is 5.17. The fourth-order valence-electron chi connectivity index (χ4n) is 1.71. The van der Waals surface area contributed by atoms with Crippen molar-refractivity contribution in [2.24, 2.45) is 0 Å². The normalized spacial score (nSPS) is 22.3. The first kappa shape index (κ1) is 11.4. The Kier molecular flexibility index (Phi) is 3.13. The van der Waals surface area contributed by atoms with E-state index >= 15 is 0 Å². The molecule has 0 saturated carbocycles. The third-order valence-corrected chi connectivity index (χ3v) is 2.44. The predicted octanol–water partition coefficient (Wildman–Crippen LogP) is 1.99. The Bertz CT molecular complexity index is 344. The van der Waals surface area contributed by atoms with Gasteiger partial charge in [-0.15, -0.1) is 10.2 Å². The smallest absolute Gasteiger partial charge is 0.397 e. The maximum atomic E-state index is 12.0. The van der Waals surface area contributed by atoms with E-state index in [1.54, 1.807) is 0 Å². The minimum atomic E-state index is -4.30. The summed E-state index contributed by atoms with van der Waals surface area (Å²) in [6.45, 7) is 0.835. The van der Waals surface area contributed by atoms with Gasteiger partial charge < -0.3 is 9.73 Å². The Morgan fingerprint density at radius 3 is 2.75 bits per heavy atom. The first-order chi connectivity index (χ1) is 7.54. The highest BCUT2D eigenvalue weighted by atomic mass is 19.4. The number of halogens is 3. The summed E-state index contributed by atoms with van der Waals surface area (Å²) < 4.78 is 41.1. The maximum Gasteiger partial charge on any atom is 0.397 e. The van der Waals surface area contributed by atoms with Crippen LogP contribution in [-0.2, 0) is 6.42 Å². The van der Waals surface area contributed by atoms with Crippen molar-refractivity contribution in [2.75, 3.05) is 6.54 Å². The molecule has 1 N–H and O–H groups in total. The van der Waals surface area contributed by atoms with Crippen LogP contribution in [0.15, 0.2) is 4.42 Å². The van der Waals surface area contributed by atoms with Gasteiger partial charge in [-0.25, -0.2) is 0 Å². The van der Waals surface area contributed by atoms with Gasteiger partial charge in [-0.2, -0.15) is 13.2 Å². The quantitative estimate of drug-likeness (QED) is 0.851. The molecule has 1 aromatic heterocycles. The van der Waals surface area contributed by atoms with Crippen LogP contribution in [0.25, 0.3) is 0 Å². The molecule has 2 rings (SSSR count). The minimum Gasteiger partial charge on any atom is -0.423 e. The summed E-state index contributed by atoms with van der Waals surface area (Å²) in [4.78, 5) is 0. The van der Waals surface area contributed by atoms with Gasteiger partial charge in [0.05, 0.1) is 6.04 Å². The van der Waals surface area contributed by atoms with Crippen LogP contribution < -0.4 is 5.32 Å². The SMILES string of the molecule is FC(F)(F)Cc1nnc([C@H]2CCCCN2)o1. The monoisotopic (exact) mass is 235 g/mol. The Morgan fingerprint density at radius 2 is 2.12 bits per heavy atom. The van der Waals surface area contributed by atoms with Crippen LogP contribution in [0.5, 0.6) is 0 Å². The standard InChI is InChI=1S/C9H12F3N3O/c10-9(11,12)5-7-14-15-8(16-7)6-3-1-2-4-13-6/h6,13H,1-5H2/t6-/m1/s1. The second-order valence-corrected chi connectivity index (χ2v) is 3.83. The molecule has 0 aromatic carbocycles. The number of hydrogen-bond acceptors (Lipinski definition) is 4. The van der Waals surface area contributed by atoms with E-state index in [0.29, 0.717) is 0 Å². The molecule has 0 bridgehead atoms. The summed E-state index contributed by atoms with van der Waals surface area (Å²) in [6, 6.07) is -0.0942. The van der Waals surface area contributed by atoms with Crippen LogP contribution in [0.1, 0.15) is 37.1 Å². The van der Waals surface area contributed by atoms with E-state index in [1.165, 1.54) is 0 Å². The van der Waals surface area contributed by atoms with Gasteiger partial charge in [0.25, 0.3) is 0 Å². The molecule has 0 amide bonds. The van der Waals surface area contributed by atoms with Crippen LogP contribution >= 0.6 is 0 Å². The number of hydrogen-bond donors (Lipinski definition) is 1. The van der Waals surface area contributed by atoms with Gasteiger partial charge in [0.1, 0.15) is 6.42 Å². The number of aromatic nitrogens is 2. The van der Waals surface area contributed by atoms with Crippen molar-refractivity contribution in [1.29, 1.82) is 0 Å². The van der Waals surface area contributed by atoms with E-state index in [0.717, 1.165) is 25.8 Å². The summed E-state index contributed by atoms with van der Waals surface area (Å²) in [6.07, 6.45) is -2.54. The number of nitrogens with zero attached hydrogens (tertiary/aromatic N) is 2. The lowest BCUT2D eigenvalue weighted by molar-refractivity contribution is -0.131.